The van der Waals surface area contributed by atoms with E-state index in [1.165, 1.54) is 0 Å². The fraction of sp³-hybridized carbons (Fsp3) is 0.462. The normalized spacial score (nSPS) is 7.94. The molecule has 1 amide bonds. The third-order valence-electron chi connectivity index (χ3n) is 1.61. The van der Waals surface area contributed by atoms with Crippen LogP contribution in [0.1, 0.15) is 49.2 Å². The van der Waals surface area contributed by atoms with Gasteiger partial charge in [0.05, 0.1) is 0 Å². The summed E-state index contributed by atoms with van der Waals surface area (Å²) in [5.74, 6) is 4.76. The Morgan fingerprint density at radius 1 is 1.00 bits per heavy atom. The number of hydrazine groups is 1. The fourth-order valence-corrected chi connectivity index (χ4v) is 1.19. The molecular weight excluding hydrogens is 200 g/mol. The largest absolute Gasteiger partial charge is 0.290 e. The molecule has 0 aliphatic carbocycles. The van der Waals surface area contributed by atoms with Gasteiger partial charge in [-0.05, 0) is 26.0 Å². The molecule has 0 fully saturated rings. The first-order valence-corrected chi connectivity index (χ1v) is 5.72. The maximum absolute atomic E-state index is 11.1. The van der Waals surface area contributed by atoms with Crippen LogP contribution < -0.4 is 11.3 Å². The Balaban J connectivity index is 0. The van der Waals surface area contributed by atoms with E-state index in [9.17, 15) is 4.79 Å². The number of hydrogen-bond donors (Lipinski definition) is 2. The van der Waals surface area contributed by atoms with Crippen LogP contribution >= 0.6 is 0 Å². The number of carbonyl (C=O) groups is 1. The number of amides is 1. The Bertz CT molecular complexity index is 289. The molecule has 3 N–H and O–H groups in total. The van der Waals surface area contributed by atoms with Crippen LogP contribution in [0.3, 0.4) is 0 Å². The zero-order valence-corrected chi connectivity index (χ0v) is 11.2. The number of nitrogens with one attached hydrogen (secondary N) is 1. The fourth-order valence-electron chi connectivity index (χ4n) is 1.19. The van der Waals surface area contributed by atoms with Crippen molar-refractivity contribution in [2.24, 2.45) is 5.84 Å². The molecule has 0 saturated carbocycles. The molecule has 3 nitrogen and oxygen atoms in total. The second-order valence-electron chi connectivity index (χ2n) is 2.85. The number of carbonyl (C=O) groups excluding carboxylic acids is 1. The Morgan fingerprint density at radius 2 is 1.38 bits per heavy atom. The molecule has 0 aromatic heterocycles. The van der Waals surface area contributed by atoms with Gasteiger partial charge in [-0.2, -0.15) is 0 Å². The lowest BCUT2D eigenvalue weighted by atomic mass is 10.1. The molecule has 0 aliphatic rings. The number of aryl methyl sites for hydroxylation is 2. The second-order valence-corrected chi connectivity index (χ2v) is 2.85. The van der Waals surface area contributed by atoms with Crippen molar-refractivity contribution in [2.45, 2.75) is 41.5 Å². The molecular formula is C13H24N2O. The van der Waals surface area contributed by atoms with Gasteiger partial charge in [-0.25, -0.2) is 5.84 Å². The van der Waals surface area contributed by atoms with E-state index in [1.54, 1.807) is 12.1 Å². The first-order valence-electron chi connectivity index (χ1n) is 5.72. The van der Waals surface area contributed by atoms with Crippen LogP contribution in [-0.4, -0.2) is 5.91 Å². The second kappa shape index (κ2) is 10.2. The molecule has 0 atom stereocenters. The van der Waals surface area contributed by atoms with Crippen LogP contribution in [0, 0.1) is 13.8 Å². The smallest absolute Gasteiger partial charge is 0.265 e. The standard InChI is InChI=1S/C9H12N2O.2C2H6/c1-6-3-7(2)5-8(4-6)9(12)11-10;2*1-2/h3-5H,10H2,1-2H3,(H,11,12);2*1-2H3. The Labute approximate surface area is 99.0 Å². The van der Waals surface area contributed by atoms with Gasteiger partial charge < -0.3 is 0 Å². The Morgan fingerprint density at radius 3 is 1.69 bits per heavy atom. The average Bonchev–Trinajstić information content (AvgIpc) is 2.32. The molecule has 0 saturated heterocycles. The molecule has 0 bridgehead atoms. The number of hydrogen-bond acceptors (Lipinski definition) is 2. The number of rotatable bonds is 1. The maximum Gasteiger partial charge on any atom is 0.265 e. The van der Waals surface area contributed by atoms with Crippen LogP contribution in [0.4, 0.5) is 0 Å². The predicted octanol–water partition coefficient (Wildman–Crippen LogP) is 2.96. The van der Waals surface area contributed by atoms with Crippen LogP contribution in [0.5, 0.6) is 0 Å². The highest BCUT2D eigenvalue weighted by Crippen LogP contribution is 2.07. The van der Waals surface area contributed by atoms with E-state index < -0.39 is 0 Å². The van der Waals surface area contributed by atoms with Gasteiger partial charge in [-0.1, -0.05) is 44.9 Å². The lowest BCUT2D eigenvalue weighted by Gasteiger charge is -2.02. The molecule has 0 unspecified atom stereocenters. The lowest BCUT2D eigenvalue weighted by molar-refractivity contribution is 0.0953. The van der Waals surface area contributed by atoms with Crippen molar-refractivity contribution in [3.8, 4) is 0 Å². The SMILES string of the molecule is CC.CC.Cc1cc(C)cc(C(=O)NN)c1. The molecule has 0 spiro atoms. The predicted molar refractivity (Wildman–Crippen MR) is 70.3 cm³/mol. The minimum atomic E-state index is -0.248. The number of nitrogens with two attached hydrogens (primary N) is 1. The molecule has 92 valence electrons. The number of nitrogen functional groups attached to an aromatic ring is 1. The van der Waals surface area contributed by atoms with E-state index in [4.69, 9.17) is 5.84 Å². The molecule has 0 radical (unpaired) electrons. The molecule has 1 aromatic carbocycles. The number of benzene rings is 1. The maximum atomic E-state index is 11.1. The van der Waals surface area contributed by atoms with Crippen LogP contribution in [0.25, 0.3) is 0 Å². The van der Waals surface area contributed by atoms with Gasteiger partial charge in [0.15, 0.2) is 0 Å². The summed E-state index contributed by atoms with van der Waals surface area (Å²) in [6.45, 7) is 11.9. The van der Waals surface area contributed by atoms with Gasteiger partial charge >= 0.3 is 0 Å². The summed E-state index contributed by atoms with van der Waals surface area (Å²) in [5, 5.41) is 0. The minimum Gasteiger partial charge on any atom is -0.290 e. The summed E-state index contributed by atoms with van der Waals surface area (Å²) >= 11 is 0. The third kappa shape index (κ3) is 6.19. The van der Waals surface area contributed by atoms with Crippen LogP contribution in [-0.2, 0) is 0 Å². The first-order chi connectivity index (χ1) is 7.63. The van der Waals surface area contributed by atoms with Crippen LogP contribution in [0.15, 0.2) is 18.2 Å². The van der Waals surface area contributed by atoms with Gasteiger partial charge in [0.1, 0.15) is 0 Å². The zero-order valence-electron chi connectivity index (χ0n) is 11.2. The van der Waals surface area contributed by atoms with Crippen LogP contribution in [0.2, 0.25) is 0 Å². The Kier molecular flexibility index (Phi) is 10.9. The average molecular weight is 224 g/mol. The highest BCUT2D eigenvalue weighted by Gasteiger charge is 2.03. The molecule has 0 heterocycles. The van der Waals surface area contributed by atoms with E-state index in [-0.39, 0.29) is 5.91 Å². The van der Waals surface area contributed by atoms with Crippen molar-refractivity contribution in [3.05, 3.63) is 34.9 Å². The molecule has 16 heavy (non-hydrogen) atoms. The minimum absolute atomic E-state index is 0.248. The highest BCUT2D eigenvalue weighted by atomic mass is 16.2. The summed E-state index contributed by atoms with van der Waals surface area (Å²) < 4.78 is 0. The summed E-state index contributed by atoms with van der Waals surface area (Å²) in [4.78, 5) is 11.1. The molecule has 3 heteroatoms. The topological polar surface area (TPSA) is 55.1 Å². The van der Waals surface area contributed by atoms with Crippen molar-refractivity contribution < 1.29 is 4.79 Å². The third-order valence-corrected chi connectivity index (χ3v) is 1.61. The van der Waals surface area contributed by atoms with E-state index in [0.29, 0.717) is 5.56 Å². The molecule has 1 rings (SSSR count). The van der Waals surface area contributed by atoms with Crippen molar-refractivity contribution in [3.63, 3.8) is 0 Å². The van der Waals surface area contributed by atoms with Gasteiger partial charge in [-0.3, -0.25) is 10.2 Å². The van der Waals surface area contributed by atoms with E-state index in [2.05, 4.69) is 5.43 Å². The van der Waals surface area contributed by atoms with Crippen molar-refractivity contribution in [2.75, 3.05) is 0 Å². The summed E-state index contributed by atoms with van der Waals surface area (Å²) in [7, 11) is 0. The highest BCUT2D eigenvalue weighted by molar-refractivity contribution is 5.94. The van der Waals surface area contributed by atoms with E-state index >= 15 is 0 Å². The molecule has 0 aliphatic heterocycles. The van der Waals surface area contributed by atoms with E-state index in [0.717, 1.165) is 11.1 Å². The van der Waals surface area contributed by atoms with Crippen molar-refractivity contribution in [1.29, 1.82) is 0 Å². The first kappa shape index (κ1) is 17.1. The zero-order chi connectivity index (χ0) is 13.1. The van der Waals surface area contributed by atoms with Gasteiger partial charge in [0.2, 0.25) is 0 Å². The molecule has 1 aromatic rings. The summed E-state index contributed by atoms with van der Waals surface area (Å²) in [6, 6.07) is 5.61. The van der Waals surface area contributed by atoms with Crippen molar-refractivity contribution >= 4 is 5.91 Å². The van der Waals surface area contributed by atoms with Gasteiger partial charge in [-0.15, -0.1) is 0 Å². The van der Waals surface area contributed by atoms with E-state index in [1.807, 2.05) is 47.6 Å². The quantitative estimate of drug-likeness (QED) is 0.438. The summed E-state index contributed by atoms with van der Waals surface area (Å²) in [6.07, 6.45) is 0. The lowest BCUT2D eigenvalue weighted by Crippen LogP contribution is -2.30. The van der Waals surface area contributed by atoms with Crippen molar-refractivity contribution in [1.82, 2.24) is 5.43 Å². The summed E-state index contributed by atoms with van der Waals surface area (Å²) in [5.41, 5.74) is 4.83. The van der Waals surface area contributed by atoms with Gasteiger partial charge in [0.25, 0.3) is 5.91 Å². The van der Waals surface area contributed by atoms with Gasteiger partial charge in [0, 0.05) is 5.56 Å². The Hall–Kier alpha value is -1.35. The monoisotopic (exact) mass is 224 g/mol.